The van der Waals surface area contributed by atoms with Gasteiger partial charge in [-0.05, 0) is 24.4 Å². The van der Waals surface area contributed by atoms with Gasteiger partial charge in [-0.3, -0.25) is 15.6 Å². The van der Waals surface area contributed by atoms with Gasteiger partial charge >= 0.3 is 0 Å². The minimum absolute atomic E-state index is 0.120. The molecule has 0 spiro atoms. The number of carbonyl (C=O) groups is 1. The zero-order valence-corrected chi connectivity index (χ0v) is 8.43. The van der Waals surface area contributed by atoms with Crippen LogP contribution in [0.25, 0.3) is 0 Å². The maximum Gasteiger partial charge on any atom is 0.275 e. The molecule has 1 amide bonds. The van der Waals surface area contributed by atoms with Crippen LogP contribution in [-0.2, 0) is 4.74 Å². The molecule has 4 nitrogen and oxygen atoms in total. The quantitative estimate of drug-likeness (QED) is 0.533. The molecule has 2 N–H and O–H groups in total. The highest BCUT2D eigenvalue weighted by Crippen LogP contribution is 1.96. The average Bonchev–Trinajstić information content (AvgIpc) is 2.26. The second-order valence-corrected chi connectivity index (χ2v) is 2.81. The van der Waals surface area contributed by atoms with Crippen molar-refractivity contribution in [2.75, 3.05) is 7.11 Å². The zero-order chi connectivity index (χ0) is 10.4. The van der Waals surface area contributed by atoms with Gasteiger partial charge < -0.3 is 4.74 Å². The van der Waals surface area contributed by atoms with Gasteiger partial charge in [-0.1, -0.05) is 18.2 Å². The highest BCUT2D eigenvalue weighted by atomic mass is 32.1. The molecule has 0 aliphatic carbocycles. The standard InChI is InChI=1S/C9H10N2O2S/c1-13-9(14)11-10-8(12)7-5-3-2-4-6-7/h2-6H,1H3,(H,10,12)(H,11,14). The highest BCUT2D eigenvalue weighted by molar-refractivity contribution is 7.80. The lowest BCUT2D eigenvalue weighted by atomic mass is 10.2. The number of carbonyl (C=O) groups excluding carboxylic acids is 1. The number of benzene rings is 1. The topological polar surface area (TPSA) is 50.4 Å². The Labute approximate surface area is 87.2 Å². The van der Waals surface area contributed by atoms with Gasteiger partial charge in [0.25, 0.3) is 11.1 Å². The number of rotatable bonds is 1. The number of hydrazine groups is 1. The summed E-state index contributed by atoms with van der Waals surface area (Å²) in [5.74, 6) is -0.259. The zero-order valence-electron chi connectivity index (χ0n) is 7.61. The molecule has 0 aliphatic rings. The number of hydrogen-bond acceptors (Lipinski definition) is 3. The predicted molar refractivity (Wildman–Crippen MR) is 56.7 cm³/mol. The van der Waals surface area contributed by atoms with E-state index in [1.54, 1.807) is 24.3 Å². The van der Waals surface area contributed by atoms with Crippen LogP contribution in [0.1, 0.15) is 10.4 Å². The van der Waals surface area contributed by atoms with Gasteiger partial charge in [0.1, 0.15) is 0 Å². The van der Waals surface area contributed by atoms with Gasteiger partial charge in [0.05, 0.1) is 7.11 Å². The number of ether oxygens (including phenoxy) is 1. The van der Waals surface area contributed by atoms with Crippen molar-refractivity contribution in [3.63, 3.8) is 0 Å². The van der Waals surface area contributed by atoms with E-state index in [-0.39, 0.29) is 11.1 Å². The summed E-state index contributed by atoms with van der Waals surface area (Å²) < 4.78 is 4.64. The molecule has 0 radical (unpaired) electrons. The predicted octanol–water partition coefficient (Wildman–Crippen LogP) is 0.852. The van der Waals surface area contributed by atoms with Crippen molar-refractivity contribution in [3.05, 3.63) is 35.9 Å². The fourth-order valence-electron chi connectivity index (χ4n) is 0.821. The van der Waals surface area contributed by atoms with Crippen molar-refractivity contribution >= 4 is 23.3 Å². The molecule has 0 aliphatic heterocycles. The molecule has 74 valence electrons. The maximum atomic E-state index is 11.4. The summed E-state index contributed by atoms with van der Waals surface area (Å²) in [7, 11) is 1.42. The third-order valence-electron chi connectivity index (χ3n) is 1.50. The lowest BCUT2D eigenvalue weighted by Crippen LogP contribution is -2.41. The number of hydrogen-bond donors (Lipinski definition) is 2. The van der Waals surface area contributed by atoms with Crippen LogP contribution < -0.4 is 10.9 Å². The summed E-state index contributed by atoms with van der Waals surface area (Å²) in [5, 5.41) is 0.120. The summed E-state index contributed by atoms with van der Waals surface area (Å²) in [6.45, 7) is 0. The smallest absolute Gasteiger partial charge is 0.275 e. The van der Waals surface area contributed by atoms with E-state index in [1.807, 2.05) is 6.07 Å². The highest BCUT2D eigenvalue weighted by Gasteiger charge is 2.03. The molecule has 0 fully saturated rings. The lowest BCUT2D eigenvalue weighted by Gasteiger charge is -2.07. The van der Waals surface area contributed by atoms with E-state index < -0.39 is 0 Å². The van der Waals surface area contributed by atoms with Crippen LogP contribution in [0.5, 0.6) is 0 Å². The summed E-state index contributed by atoms with van der Waals surface area (Å²) in [6.07, 6.45) is 0. The first kappa shape index (κ1) is 10.5. The molecule has 0 saturated carbocycles. The van der Waals surface area contributed by atoms with Crippen LogP contribution >= 0.6 is 12.2 Å². The first-order valence-electron chi connectivity index (χ1n) is 3.93. The SMILES string of the molecule is COC(=S)NNC(=O)c1ccccc1. The molecule has 0 aromatic heterocycles. The first-order valence-corrected chi connectivity index (χ1v) is 4.34. The Kier molecular flexibility index (Phi) is 3.87. The van der Waals surface area contributed by atoms with Crippen molar-refractivity contribution < 1.29 is 9.53 Å². The van der Waals surface area contributed by atoms with Gasteiger partial charge in [-0.25, -0.2) is 0 Å². The summed E-state index contributed by atoms with van der Waals surface area (Å²) in [6, 6.07) is 8.80. The summed E-state index contributed by atoms with van der Waals surface area (Å²) >= 11 is 4.68. The molecule has 0 saturated heterocycles. The Morgan fingerprint density at radius 2 is 1.93 bits per heavy atom. The molecular weight excluding hydrogens is 200 g/mol. The third kappa shape index (κ3) is 3.02. The first-order chi connectivity index (χ1) is 6.74. The van der Waals surface area contributed by atoms with Crippen molar-refractivity contribution in [2.45, 2.75) is 0 Å². The fourth-order valence-corrected chi connectivity index (χ4v) is 0.872. The van der Waals surface area contributed by atoms with Gasteiger partial charge in [-0.2, -0.15) is 0 Å². The molecule has 1 aromatic carbocycles. The van der Waals surface area contributed by atoms with Crippen molar-refractivity contribution in [2.24, 2.45) is 0 Å². The summed E-state index contributed by atoms with van der Waals surface area (Å²) in [4.78, 5) is 11.4. The molecule has 0 bridgehead atoms. The van der Waals surface area contributed by atoms with Crippen LogP contribution in [0, 0.1) is 0 Å². The van der Waals surface area contributed by atoms with Gasteiger partial charge in [0.2, 0.25) is 0 Å². The van der Waals surface area contributed by atoms with Gasteiger partial charge in [-0.15, -0.1) is 0 Å². The molecule has 0 unspecified atom stereocenters. The normalized spacial score (nSPS) is 8.93. The van der Waals surface area contributed by atoms with Crippen LogP contribution in [0.2, 0.25) is 0 Å². The van der Waals surface area contributed by atoms with E-state index in [0.717, 1.165) is 0 Å². The van der Waals surface area contributed by atoms with Crippen LogP contribution in [0.4, 0.5) is 0 Å². The Morgan fingerprint density at radius 3 is 2.50 bits per heavy atom. The average molecular weight is 210 g/mol. The summed E-state index contributed by atoms with van der Waals surface area (Å²) in [5.41, 5.74) is 5.39. The van der Waals surface area contributed by atoms with E-state index >= 15 is 0 Å². The van der Waals surface area contributed by atoms with Gasteiger partial charge in [0, 0.05) is 5.56 Å². The largest absolute Gasteiger partial charge is 0.473 e. The van der Waals surface area contributed by atoms with Crippen molar-refractivity contribution in [1.29, 1.82) is 0 Å². The van der Waals surface area contributed by atoms with Crippen LogP contribution in [-0.4, -0.2) is 18.2 Å². The Morgan fingerprint density at radius 1 is 1.29 bits per heavy atom. The second-order valence-electron chi connectivity index (χ2n) is 2.44. The molecular formula is C9H10N2O2S. The van der Waals surface area contributed by atoms with Gasteiger partial charge in [0.15, 0.2) is 0 Å². The fraction of sp³-hybridized carbons (Fsp3) is 0.111. The molecule has 5 heteroatoms. The minimum atomic E-state index is -0.259. The lowest BCUT2D eigenvalue weighted by molar-refractivity contribution is 0.0940. The molecule has 14 heavy (non-hydrogen) atoms. The van der Waals surface area contributed by atoms with E-state index in [1.165, 1.54) is 7.11 Å². The molecule has 0 atom stereocenters. The second kappa shape index (κ2) is 5.18. The molecule has 0 heterocycles. The van der Waals surface area contributed by atoms with E-state index in [0.29, 0.717) is 5.56 Å². The third-order valence-corrected chi connectivity index (χ3v) is 1.77. The Balaban J connectivity index is 2.48. The molecule has 1 rings (SSSR count). The number of amides is 1. The Bertz CT molecular complexity index is 327. The maximum absolute atomic E-state index is 11.4. The van der Waals surface area contributed by atoms with Crippen molar-refractivity contribution in [3.8, 4) is 0 Å². The van der Waals surface area contributed by atoms with Crippen LogP contribution in [0.3, 0.4) is 0 Å². The van der Waals surface area contributed by atoms with E-state index in [2.05, 4.69) is 27.8 Å². The Hall–Kier alpha value is -1.62. The molecule has 1 aromatic rings. The number of nitrogens with one attached hydrogen (secondary N) is 2. The van der Waals surface area contributed by atoms with Crippen molar-refractivity contribution in [1.82, 2.24) is 10.9 Å². The monoisotopic (exact) mass is 210 g/mol. The van der Waals surface area contributed by atoms with E-state index in [9.17, 15) is 4.79 Å². The van der Waals surface area contributed by atoms with Crippen LogP contribution in [0.15, 0.2) is 30.3 Å². The number of thiocarbonyl (C=S) groups is 1. The van der Waals surface area contributed by atoms with E-state index in [4.69, 9.17) is 0 Å². The minimum Gasteiger partial charge on any atom is -0.473 e. The number of methoxy groups -OCH3 is 1.